The minimum atomic E-state index is -1.01. The highest BCUT2D eigenvalue weighted by Gasteiger charge is 2.23. The Hall–Kier alpha value is -0.360. The average Bonchev–Trinajstić information content (AvgIpc) is 2.14. The number of thiol groups is 2. The maximum atomic E-state index is 11.6. The molecular weight excluding hydrogens is 234 g/mol. The molecule has 4 nitrogen and oxygen atoms in total. The maximum absolute atomic E-state index is 11.6. The Kier molecular flexibility index (Phi) is 6.12. The molecule has 0 saturated heterocycles. The van der Waals surface area contributed by atoms with Gasteiger partial charge in [-0.1, -0.05) is 6.92 Å². The van der Waals surface area contributed by atoms with E-state index in [-0.39, 0.29) is 22.8 Å². The predicted octanol–water partition coefficient (Wildman–Crippen LogP) is 1.13. The smallest absolute Gasteiger partial charge is 0.326 e. The molecule has 0 saturated carbocycles. The van der Waals surface area contributed by atoms with Gasteiger partial charge in [-0.25, -0.2) is 4.79 Å². The van der Waals surface area contributed by atoms with Gasteiger partial charge in [-0.3, -0.25) is 4.79 Å². The summed E-state index contributed by atoms with van der Waals surface area (Å²) in [5.41, 5.74) is 0. The van der Waals surface area contributed by atoms with Gasteiger partial charge in [-0.05, 0) is 12.8 Å². The van der Waals surface area contributed by atoms with Crippen LogP contribution in [0.2, 0.25) is 0 Å². The standard InChI is InChI=1S/C9H17NO3S2/c1-5(9(14)15)4-7(11)10(3)6(2)8(12)13/h5-6,9,14-15H,4H2,1-3H3,(H,12,13)/t5?,6-/m0/s1. The van der Waals surface area contributed by atoms with Crippen LogP contribution in [0, 0.1) is 5.92 Å². The number of carbonyl (C=O) groups excluding carboxylic acids is 1. The van der Waals surface area contributed by atoms with E-state index in [9.17, 15) is 9.59 Å². The lowest BCUT2D eigenvalue weighted by molar-refractivity contribution is -0.148. The third kappa shape index (κ3) is 4.79. The molecule has 0 fully saturated rings. The Morgan fingerprint density at radius 1 is 1.33 bits per heavy atom. The van der Waals surface area contributed by atoms with Gasteiger partial charge in [0, 0.05) is 18.1 Å². The summed E-state index contributed by atoms with van der Waals surface area (Å²) in [5, 5.41) is 8.72. The van der Waals surface area contributed by atoms with Crippen molar-refractivity contribution >= 4 is 37.1 Å². The number of rotatable bonds is 5. The van der Waals surface area contributed by atoms with Crippen molar-refractivity contribution in [1.82, 2.24) is 4.90 Å². The zero-order chi connectivity index (χ0) is 12.2. The highest BCUT2D eigenvalue weighted by Crippen LogP contribution is 2.18. The van der Waals surface area contributed by atoms with Gasteiger partial charge in [-0.15, -0.1) is 0 Å². The van der Waals surface area contributed by atoms with E-state index >= 15 is 0 Å². The van der Waals surface area contributed by atoms with Crippen LogP contribution in [0.5, 0.6) is 0 Å². The Morgan fingerprint density at radius 3 is 2.13 bits per heavy atom. The predicted molar refractivity (Wildman–Crippen MR) is 65.4 cm³/mol. The Labute approximate surface area is 101 Å². The second-order valence-corrected chi connectivity index (χ2v) is 5.13. The molecule has 0 aliphatic heterocycles. The van der Waals surface area contributed by atoms with Gasteiger partial charge in [0.05, 0.1) is 0 Å². The molecule has 0 radical (unpaired) electrons. The summed E-state index contributed by atoms with van der Waals surface area (Å²) in [7, 11) is 1.49. The summed E-state index contributed by atoms with van der Waals surface area (Å²) in [5.74, 6) is -1.20. The molecule has 1 unspecified atom stereocenters. The molecule has 1 amide bonds. The van der Waals surface area contributed by atoms with Gasteiger partial charge in [-0.2, -0.15) is 25.3 Å². The maximum Gasteiger partial charge on any atom is 0.326 e. The van der Waals surface area contributed by atoms with Crippen LogP contribution in [0.15, 0.2) is 0 Å². The van der Waals surface area contributed by atoms with Crippen molar-refractivity contribution < 1.29 is 14.7 Å². The van der Waals surface area contributed by atoms with Crippen molar-refractivity contribution in [3.8, 4) is 0 Å². The van der Waals surface area contributed by atoms with Crippen LogP contribution in [0.3, 0.4) is 0 Å². The molecule has 0 bridgehead atoms. The molecule has 1 N–H and O–H groups in total. The number of carboxylic acid groups (broad SMARTS) is 1. The van der Waals surface area contributed by atoms with E-state index in [1.807, 2.05) is 6.92 Å². The summed E-state index contributed by atoms with van der Waals surface area (Å²) in [6, 6.07) is -0.803. The molecule has 0 aromatic heterocycles. The van der Waals surface area contributed by atoms with E-state index in [0.717, 1.165) is 0 Å². The van der Waals surface area contributed by atoms with Crippen molar-refractivity contribution in [3.05, 3.63) is 0 Å². The molecule has 0 aromatic rings. The van der Waals surface area contributed by atoms with Crippen molar-refractivity contribution in [1.29, 1.82) is 0 Å². The fraction of sp³-hybridized carbons (Fsp3) is 0.778. The average molecular weight is 251 g/mol. The zero-order valence-electron chi connectivity index (χ0n) is 9.04. The second kappa shape index (κ2) is 6.27. The van der Waals surface area contributed by atoms with Gasteiger partial charge in [0.2, 0.25) is 5.91 Å². The van der Waals surface area contributed by atoms with Crippen molar-refractivity contribution in [2.45, 2.75) is 30.9 Å². The summed E-state index contributed by atoms with van der Waals surface area (Å²) in [4.78, 5) is 23.5. The van der Waals surface area contributed by atoms with Crippen molar-refractivity contribution in [2.24, 2.45) is 5.92 Å². The van der Waals surface area contributed by atoms with Crippen LogP contribution in [0.25, 0.3) is 0 Å². The fourth-order valence-electron chi connectivity index (χ4n) is 0.906. The SMILES string of the molecule is CC(CC(=O)N(C)[C@@H](C)C(=O)O)C(S)S. The van der Waals surface area contributed by atoms with Gasteiger partial charge < -0.3 is 10.0 Å². The lowest BCUT2D eigenvalue weighted by Gasteiger charge is -2.23. The number of amides is 1. The fourth-order valence-corrected chi connectivity index (χ4v) is 1.12. The normalized spacial score (nSPS) is 14.8. The number of nitrogens with zero attached hydrogens (tertiary/aromatic N) is 1. The largest absolute Gasteiger partial charge is 0.480 e. The van der Waals surface area contributed by atoms with Gasteiger partial charge >= 0.3 is 5.97 Å². The number of hydrogen-bond acceptors (Lipinski definition) is 4. The lowest BCUT2D eigenvalue weighted by Crippen LogP contribution is -2.41. The first kappa shape index (κ1) is 14.6. The molecule has 0 aromatic carbocycles. The second-order valence-electron chi connectivity index (χ2n) is 3.61. The van der Waals surface area contributed by atoms with E-state index in [1.54, 1.807) is 0 Å². The summed E-state index contributed by atoms with van der Waals surface area (Å²) < 4.78 is -0.178. The number of carboxylic acids is 1. The van der Waals surface area contributed by atoms with Gasteiger partial charge in [0.1, 0.15) is 6.04 Å². The molecule has 0 heterocycles. The van der Waals surface area contributed by atoms with Gasteiger partial charge in [0.25, 0.3) is 0 Å². The minimum absolute atomic E-state index is 0.00705. The Balaban J connectivity index is 4.27. The number of likely N-dealkylation sites (N-methyl/N-ethyl adjacent to an activating group) is 1. The van der Waals surface area contributed by atoms with Crippen molar-refractivity contribution in [2.75, 3.05) is 7.05 Å². The van der Waals surface area contributed by atoms with E-state index in [0.29, 0.717) is 0 Å². The molecule has 0 rings (SSSR count). The van der Waals surface area contributed by atoms with Crippen LogP contribution < -0.4 is 0 Å². The van der Waals surface area contributed by atoms with Crippen LogP contribution in [0.4, 0.5) is 0 Å². The van der Waals surface area contributed by atoms with E-state index < -0.39 is 12.0 Å². The van der Waals surface area contributed by atoms with Crippen LogP contribution in [0.1, 0.15) is 20.3 Å². The topological polar surface area (TPSA) is 57.6 Å². The van der Waals surface area contributed by atoms with Gasteiger partial charge in [0.15, 0.2) is 0 Å². The van der Waals surface area contributed by atoms with E-state index in [2.05, 4.69) is 25.3 Å². The number of hydrogen-bond donors (Lipinski definition) is 3. The lowest BCUT2D eigenvalue weighted by atomic mass is 10.1. The molecule has 2 atom stereocenters. The molecule has 6 heteroatoms. The van der Waals surface area contributed by atoms with Crippen LogP contribution in [-0.2, 0) is 9.59 Å². The summed E-state index contributed by atoms with van der Waals surface area (Å²) in [6.45, 7) is 3.33. The van der Waals surface area contributed by atoms with Crippen molar-refractivity contribution in [3.63, 3.8) is 0 Å². The molecule has 0 spiro atoms. The molecule has 0 aliphatic carbocycles. The quantitative estimate of drug-likeness (QED) is 0.507. The van der Waals surface area contributed by atoms with Crippen LogP contribution >= 0.6 is 25.3 Å². The third-order valence-corrected chi connectivity index (χ3v) is 3.36. The summed E-state index contributed by atoms with van der Waals surface area (Å²) in [6.07, 6.45) is 0.256. The first-order chi connectivity index (χ1) is 6.77. The first-order valence-corrected chi connectivity index (χ1v) is 5.65. The highest BCUT2D eigenvalue weighted by molar-refractivity contribution is 7.99. The number of aliphatic carboxylic acids is 1. The monoisotopic (exact) mass is 251 g/mol. The first-order valence-electron chi connectivity index (χ1n) is 4.62. The highest BCUT2D eigenvalue weighted by atomic mass is 32.2. The zero-order valence-corrected chi connectivity index (χ0v) is 10.8. The molecule has 15 heavy (non-hydrogen) atoms. The molecule has 88 valence electrons. The van der Waals surface area contributed by atoms with Crippen LogP contribution in [-0.4, -0.2) is 39.6 Å². The summed E-state index contributed by atoms with van der Waals surface area (Å²) >= 11 is 8.21. The minimum Gasteiger partial charge on any atom is -0.480 e. The molecular formula is C9H17NO3S2. The Morgan fingerprint density at radius 2 is 1.80 bits per heavy atom. The molecule has 0 aliphatic rings. The number of carbonyl (C=O) groups is 2. The van der Waals surface area contributed by atoms with E-state index in [4.69, 9.17) is 5.11 Å². The third-order valence-electron chi connectivity index (χ3n) is 2.34. The Bertz CT molecular complexity index is 246. The van der Waals surface area contributed by atoms with E-state index in [1.165, 1.54) is 18.9 Å².